The van der Waals surface area contributed by atoms with Crippen LogP contribution in [0.3, 0.4) is 0 Å². The van der Waals surface area contributed by atoms with E-state index in [-0.39, 0.29) is 0 Å². The van der Waals surface area contributed by atoms with E-state index in [1.165, 1.54) is 0 Å². The van der Waals surface area contributed by atoms with Crippen LogP contribution in [0.2, 0.25) is 0 Å². The molecule has 0 aliphatic carbocycles. The van der Waals surface area contributed by atoms with Crippen molar-refractivity contribution in [3.63, 3.8) is 0 Å². The van der Waals surface area contributed by atoms with Gasteiger partial charge in [0.1, 0.15) is 0 Å². The number of hydrogen-bond donors (Lipinski definition) is 1. The van der Waals surface area contributed by atoms with Crippen LogP contribution in [-0.2, 0) is 7.05 Å². The topological polar surface area (TPSA) is 76.5 Å². The summed E-state index contributed by atoms with van der Waals surface area (Å²) in [7, 11) is 1.87. The maximum Gasteiger partial charge on any atom is 0.204 e. The molecule has 1 N–H and O–H groups in total. The Balaban J connectivity index is 1.98. The number of aromatic amines is 1. The molecule has 0 aliphatic rings. The Morgan fingerprint density at radius 1 is 1.11 bits per heavy atom. The third-order valence-corrected chi connectivity index (χ3v) is 3.07. The Labute approximate surface area is 109 Å². The number of aldehydes is 1. The number of rotatable bonds is 3. The Bertz CT molecular complexity index is 697. The second-order valence-corrected chi connectivity index (χ2v) is 4.13. The predicted molar refractivity (Wildman–Crippen MR) is 69.4 cm³/mol. The van der Waals surface area contributed by atoms with Crippen molar-refractivity contribution in [2.45, 2.75) is 0 Å². The molecule has 6 nitrogen and oxygen atoms in total. The van der Waals surface area contributed by atoms with Gasteiger partial charge in [0.2, 0.25) is 5.82 Å². The highest BCUT2D eigenvalue weighted by atomic mass is 16.1. The molecule has 0 bridgehead atoms. The van der Waals surface area contributed by atoms with E-state index in [2.05, 4.69) is 20.6 Å². The van der Waals surface area contributed by atoms with Crippen LogP contribution in [0.15, 0.2) is 36.4 Å². The van der Waals surface area contributed by atoms with Crippen LogP contribution in [0.4, 0.5) is 0 Å². The summed E-state index contributed by atoms with van der Waals surface area (Å²) < 4.78 is 1.86. The highest BCUT2D eigenvalue weighted by Crippen LogP contribution is 2.23. The quantitative estimate of drug-likeness (QED) is 0.720. The Morgan fingerprint density at radius 2 is 1.84 bits per heavy atom. The Hall–Kier alpha value is -2.76. The summed E-state index contributed by atoms with van der Waals surface area (Å²) in [6.07, 6.45) is 0.844. The van der Waals surface area contributed by atoms with Crippen LogP contribution in [0.25, 0.3) is 22.6 Å². The third-order valence-electron chi connectivity index (χ3n) is 3.07. The lowest BCUT2D eigenvalue weighted by Crippen LogP contribution is -1.96. The summed E-state index contributed by atoms with van der Waals surface area (Å²) in [5, 5.41) is 13.8. The van der Waals surface area contributed by atoms with E-state index in [9.17, 15) is 4.79 Å². The highest BCUT2D eigenvalue weighted by molar-refractivity contribution is 5.76. The molecule has 0 radical (unpaired) electrons. The lowest BCUT2D eigenvalue weighted by Gasteiger charge is -2.05. The van der Waals surface area contributed by atoms with E-state index in [1.54, 1.807) is 6.07 Å². The third kappa shape index (κ3) is 1.93. The van der Waals surface area contributed by atoms with Crippen LogP contribution in [0.5, 0.6) is 0 Å². The zero-order valence-electron chi connectivity index (χ0n) is 10.2. The summed E-state index contributed by atoms with van der Waals surface area (Å²) in [5.41, 5.74) is 3.56. The minimum absolute atomic E-state index is 0.562. The molecule has 0 aliphatic heterocycles. The predicted octanol–water partition coefficient (Wildman–Crippen LogP) is 1.68. The van der Waals surface area contributed by atoms with Crippen LogP contribution < -0.4 is 0 Å². The van der Waals surface area contributed by atoms with E-state index in [1.807, 2.05) is 41.9 Å². The molecular formula is C13H11N5O. The molecule has 3 rings (SSSR count). The smallest absolute Gasteiger partial charge is 0.204 e. The van der Waals surface area contributed by atoms with Crippen LogP contribution in [-0.4, -0.2) is 31.5 Å². The molecule has 3 aromatic rings. The number of tetrazole rings is 1. The van der Waals surface area contributed by atoms with E-state index in [0.29, 0.717) is 11.5 Å². The van der Waals surface area contributed by atoms with Crippen molar-refractivity contribution in [1.29, 1.82) is 0 Å². The first kappa shape index (κ1) is 11.3. The number of benzene rings is 1. The van der Waals surface area contributed by atoms with Crippen molar-refractivity contribution in [2.75, 3.05) is 0 Å². The van der Waals surface area contributed by atoms with Crippen molar-refractivity contribution < 1.29 is 4.79 Å². The standard InChI is InChI=1S/C13H11N5O/c1-18-11(8-19)6-7-12(18)9-2-4-10(5-3-9)13-14-16-17-15-13/h2-8H,1H3,(H,14,15,16,17). The second-order valence-electron chi connectivity index (χ2n) is 4.13. The summed E-state index contributed by atoms with van der Waals surface area (Å²) in [6.45, 7) is 0. The van der Waals surface area contributed by atoms with Gasteiger partial charge in [0.15, 0.2) is 6.29 Å². The Kier molecular flexibility index (Phi) is 2.68. The fourth-order valence-corrected chi connectivity index (χ4v) is 2.01. The summed E-state index contributed by atoms with van der Waals surface area (Å²) in [5.74, 6) is 0.562. The van der Waals surface area contributed by atoms with Gasteiger partial charge in [0.05, 0.1) is 5.69 Å². The number of carbonyl (C=O) groups is 1. The average Bonchev–Trinajstić information content (AvgIpc) is 3.08. The molecule has 0 saturated heterocycles. The van der Waals surface area contributed by atoms with Gasteiger partial charge in [0.25, 0.3) is 0 Å². The first-order valence-corrected chi connectivity index (χ1v) is 5.75. The van der Waals surface area contributed by atoms with Crippen LogP contribution >= 0.6 is 0 Å². The lowest BCUT2D eigenvalue weighted by atomic mass is 10.1. The van der Waals surface area contributed by atoms with Crippen molar-refractivity contribution in [2.24, 2.45) is 7.05 Å². The van der Waals surface area contributed by atoms with E-state index < -0.39 is 0 Å². The first-order valence-electron chi connectivity index (χ1n) is 5.75. The monoisotopic (exact) mass is 253 g/mol. The van der Waals surface area contributed by atoms with Gasteiger partial charge in [-0.3, -0.25) is 4.79 Å². The zero-order chi connectivity index (χ0) is 13.2. The van der Waals surface area contributed by atoms with E-state index >= 15 is 0 Å². The molecule has 19 heavy (non-hydrogen) atoms. The van der Waals surface area contributed by atoms with Gasteiger partial charge in [-0.25, -0.2) is 0 Å². The molecule has 1 aromatic carbocycles. The van der Waals surface area contributed by atoms with Crippen molar-refractivity contribution in [3.8, 4) is 22.6 Å². The van der Waals surface area contributed by atoms with Crippen LogP contribution in [0, 0.1) is 0 Å². The van der Waals surface area contributed by atoms with Gasteiger partial charge in [0, 0.05) is 18.3 Å². The maximum absolute atomic E-state index is 10.8. The minimum Gasteiger partial charge on any atom is -0.341 e. The number of H-pyrrole nitrogens is 1. The molecule has 0 unspecified atom stereocenters. The highest BCUT2D eigenvalue weighted by Gasteiger charge is 2.07. The summed E-state index contributed by atoms with van der Waals surface area (Å²) in [4.78, 5) is 10.8. The normalized spacial score (nSPS) is 10.6. The molecule has 94 valence electrons. The minimum atomic E-state index is 0.562. The van der Waals surface area contributed by atoms with Gasteiger partial charge in [-0.1, -0.05) is 24.3 Å². The van der Waals surface area contributed by atoms with Gasteiger partial charge in [-0.05, 0) is 22.9 Å². The SMILES string of the molecule is Cn1c(C=O)ccc1-c1ccc(-c2nn[nH]n2)cc1. The number of nitrogens with zero attached hydrogens (tertiary/aromatic N) is 4. The summed E-state index contributed by atoms with van der Waals surface area (Å²) in [6, 6.07) is 11.5. The molecule has 0 amide bonds. The van der Waals surface area contributed by atoms with Crippen molar-refractivity contribution >= 4 is 6.29 Å². The fourth-order valence-electron chi connectivity index (χ4n) is 2.01. The Morgan fingerprint density at radius 3 is 2.42 bits per heavy atom. The average molecular weight is 253 g/mol. The molecule has 2 aromatic heterocycles. The largest absolute Gasteiger partial charge is 0.341 e. The number of carbonyl (C=O) groups excluding carboxylic acids is 1. The fraction of sp³-hybridized carbons (Fsp3) is 0.0769. The summed E-state index contributed by atoms with van der Waals surface area (Å²) >= 11 is 0. The number of hydrogen-bond acceptors (Lipinski definition) is 4. The zero-order valence-corrected chi connectivity index (χ0v) is 10.2. The molecule has 0 fully saturated rings. The van der Waals surface area contributed by atoms with E-state index in [4.69, 9.17) is 0 Å². The number of aromatic nitrogens is 5. The molecule has 2 heterocycles. The molecular weight excluding hydrogens is 242 g/mol. The maximum atomic E-state index is 10.8. The van der Waals surface area contributed by atoms with Crippen LogP contribution in [0.1, 0.15) is 10.5 Å². The molecule has 0 spiro atoms. The lowest BCUT2D eigenvalue weighted by molar-refractivity contribution is 0.111. The van der Waals surface area contributed by atoms with Gasteiger partial charge in [-0.15, -0.1) is 10.2 Å². The van der Waals surface area contributed by atoms with Crippen molar-refractivity contribution in [3.05, 3.63) is 42.1 Å². The van der Waals surface area contributed by atoms with E-state index in [0.717, 1.165) is 23.1 Å². The second kappa shape index (κ2) is 4.49. The molecule has 0 atom stereocenters. The van der Waals surface area contributed by atoms with Gasteiger partial charge in [-0.2, -0.15) is 5.21 Å². The molecule has 0 saturated carbocycles. The van der Waals surface area contributed by atoms with Crippen molar-refractivity contribution in [1.82, 2.24) is 25.2 Å². The number of nitrogens with one attached hydrogen (secondary N) is 1. The first-order chi connectivity index (χ1) is 9.29. The van der Waals surface area contributed by atoms with Gasteiger partial charge < -0.3 is 4.57 Å². The van der Waals surface area contributed by atoms with Gasteiger partial charge >= 0.3 is 0 Å². The molecule has 6 heteroatoms.